The normalized spacial score (nSPS) is 9.69. The van der Waals surface area contributed by atoms with Gasteiger partial charge in [0, 0.05) is 17.7 Å². The lowest BCUT2D eigenvalue weighted by atomic mass is 10.1. The summed E-state index contributed by atoms with van der Waals surface area (Å²) in [5.41, 5.74) is 0.537. The highest BCUT2D eigenvalue weighted by Gasteiger charge is 2.10. The molecule has 0 bridgehead atoms. The maximum Gasteiger partial charge on any atom is 0.270 e. The molecule has 0 saturated heterocycles. The van der Waals surface area contributed by atoms with Gasteiger partial charge in [0.1, 0.15) is 5.82 Å². The largest absolute Gasteiger partial charge is 0.270 e. The molecule has 1 rings (SSSR count). The molecule has 4 heteroatoms. The minimum absolute atomic E-state index is 0.126. The Kier molecular flexibility index (Phi) is 2.41. The van der Waals surface area contributed by atoms with Crippen molar-refractivity contribution in [3.8, 4) is 0 Å². The van der Waals surface area contributed by atoms with Crippen LogP contribution in [0.5, 0.6) is 0 Å². The van der Waals surface area contributed by atoms with E-state index >= 15 is 0 Å². The first-order chi connectivity index (χ1) is 6.02. The van der Waals surface area contributed by atoms with Gasteiger partial charge in [-0.1, -0.05) is 6.58 Å². The predicted octanol–water partition coefficient (Wildman–Crippen LogP) is 2.77. The zero-order valence-corrected chi connectivity index (χ0v) is 7.08. The van der Waals surface area contributed by atoms with Crippen LogP contribution in [-0.4, -0.2) is 4.92 Å². The quantitative estimate of drug-likeness (QED) is 0.520. The van der Waals surface area contributed by atoms with Gasteiger partial charge in [0.05, 0.1) is 4.92 Å². The van der Waals surface area contributed by atoms with Gasteiger partial charge in [0.2, 0.25) is 0 Å². The highest BCUT2D eigenvalue weighted by atomic mass is 19.1. The molecule has 1 aromatic carbocycles. The summed E-state index contributed by atoms with van der Waals surface area (Å²) >= 11 is 0. The van der Waals surface area contributed by atoms with Crippen LogP contribution in [0.25, 0.3) is 5.57 Å². The Balaban J connectivity index is 3.27. The standard InChI is InChI=1S/C9H8FNO2/c1-6(2)8-5-7(11(12)13)3-4-9(8)10/h3-5H,1H2,2H3. The van der Waals surface area contributed by atoms with Gasteiger partial charge in [-0.2, -0.15) is 0 Å². The van der Waals surface area contributed by atoms with Crippen molar-refractivity contribution < 1.29 is 9.31 Å². The number of nitro benzene ring substituents is 1. The minimum atomic E-state index is -0.564. The Morgan fingerprint density at radius 1 is 1.62 bits per heavy atom. The number of rotatable bonds is 2. The highest BCUT2D eigenvalue weighted by Crippen LogP contribution is 2.21. The first kappa shape index (κ1) is 9.38. The summed E-state index contributed by atoms with van der Waals surface area (Å²) in [7, 11) is 0. The molecule has 0 fully saturated rings. The number of nitro groups is 1. The van der Waals surface area contributed by atoms with E-state index in [2.05, 4.69) is 6.58 Å². The van der Waals surface area contributed by atoms with Gasteiger partial charge >= 0.3 is 0 Å². The average Bonchev–Trinajstić information content (AvgIpc) is 2.04. The first-order valence-electron chi connectivity index (χ1n) is 3.62. The Bertz CT molecular complexity index is 374. The van der Waals surface area contributed by atoms with Crippen LogP contribution in [0.1, 0.15) is 12.5 Å². The first-order valence-corrected chi connectivity index (χ1v) is 3.62. The van der Waals surface area contributed by atoms with E-state index < -0.39 is 10.7 Å². The fourth-order valence-corrected chi connectivity index (χ4v) is 0.954. The lowest BCUT2D eigenvalue weighted by Crippen LogP contribution is -1.92. The minimum Gasteiger partial charge on any atom is -0.258 e. The van der Waals surface area contributed by atoms with E-state index in [0.717, 1.165) is 12.1 Å². The van der Waals surface area contributed by atoms with Crippen molar-refractivity contribution in [2.24, 2.45) is 0 Å². The molecule has 68 valence electrons. The van der Waals surface area contributed by atoms with Crippen molar-refractivity contribution in [2.45, 2.75) is 6.92 Å². The fourth-order valence-electron chi connectivity index (χ4n) is 0.954. The Morgan fingerprint density at radius 3 is 2.69 bits per heavy atom. The van der Waals surface area contributed by atoms with Gasteiger partial charge in [-0.3, -0.25) is 10.1 Å². The highest BCUT2D eigenvalue weighted by molar-refractivity contribution is 5.64. The molecule has 0 aromatic heterocycles. The molecule has 0 spiro atoms. The summed E-state index contributed by atoms with van der Waals surface area (Å²) in [6.07, 6.45) is 0. The SMILES string of the molecule is C=C(C)c1cc([N+](=O)[O-])ccc1F. The maximum atomic E-state index is 13.0. The van der Waals surface area contributed by atoms with Crippen LogP contribution >= 0.6 is 0 Å². The van der Waals surface area contributed by atoms with E-state index in [0.29, 0.717) is 5.57 Å². The number of nitrogens with zero attached hydrogens (tertiary/aromatic N) is 1. The molecular formula is C9H8FNO2. The summed E-state index contributed by atoms with van der Waals surface area (Å²) < 4.78 is 13.0. The second kappa shape index (κ2) is 3.35. The molecule has 13 heavy (non-hydrogen) atoms. The number of halogens is 1. The number of allylic oxidation sites excluding steroid dienone is 1. The van der Waals surface area contributed by atoms with Crippen molar-refractivity contribution in [3.05, 3.63) is 46.3 Å². The van der Waals surface area contributed by atoms with Crippen LogP contribution in [0.4, 0.5) is 10.1 Å². The molecule has 0 aliphatic carbocycles. The molecule has 0 aliphatic heterocycles. The molecule has 0 radical (unpaired) electrons. The molecule has 0 atom stereocenters. The predicted molar refractivity (Wildman–Crippen MR) is 47.8 cm³/mol. The topological polar surface area (TPSA) is 43.1 Å². The van der Waals surface area contributed by atoms with E-state index in [-0.39, 0.29) is 11.3 Å². The van der Waals surface area contributed by atoms with E-state index in [9.17, 15) is 14.5 Å². The second-order valence-electron chi connectivity index (χ2n) is 2.70. The van der Waals surface area contributed by atoms with Crippen LogP contribution < -0.4 is 0 Å². The van der Waals surface area contributed by atoms with Crippen molar-refractivity contribution >= 4 is 11.3 Å². The second-order valence-corrected chi connectivity index (χ2v) is 2.70. The molecule has 0 aliphatic rings. The molecule has 0 amide bonds. The molecule has 0 N–H and O–H groups in total. The van der Waals surface area contributed by atoms with Gasteiger partial charge < -0.3 is 0 Å². The maximum absolute atomic E-state index is 13.0. The Labute approximate surface area is 74.7 Å². The van der Waals surface area contributed by atoms with E-state index in [1.165, 1.54) is 6.07 Å². The van der Waals surface area contributed by atoms with Crippen molar-refractivity contribution in [3.63, 3.8) is 0 Å². The van der Waals surface area contributed by atoms with Crippen molar-refractivity contribution in [2.75, 3.05) is 0 Å². The van der Waals surface area contributed by atoms with Crippen LogP contribution in [-0.2, 0) is 0 Å². The van der Waals surface area contributed by atoms with Gasteiger partial charge in [0.25, 0.3) is 5.69 Å². The van der Waals surface area contributed by atoms with Crippen LogP contribution in [0, 0.1) is 15.9 Å². The summed E-state index contributed by atoms with van der Waals surface area (Å²) in [5, 5.41) is 10.3. The summed E-state index contributed by atoms with van der Waals surface area (Å²) in [6.45, 7) is 5.12. The van der Waals surface area contributed by atoms with Crippen molar-refractivity contribution in [1.29, 1.82) is 0 Å². The lowest BCUT2D eigenvalue weighted by Gasteiger charge is -2.00. The number of non-ortho nitro benzene ring substituents is 1. The molecule has 1 aromatic rings. The van der Waals surface area contributed by atoms with Crippen molar-refractivity contribution in [1.82, 2.24) is 0 Å². The Morgan fingerprint density at radius 2 is 2.23 bits per heavy atom. The van der Waals surface area contributed by atoms with Crippen LogP contribution in [0.3, 0.4) is 0 Å². The number of hydrogen-bond donors (Lipinski definition) is 0. The monoisotopic (exact) mass is 181 g/mol. The summed E-state index contributed by atoms with van der Waals surface area (Å²) in [6, 6.07) is 3.38. The number of benzene rings is 1. The van der Waals surface area contributed by atoms with Crippen LogP contribution in [0.15, 0.2) is 24.8 Å². The van der Waals surface area contributed by atoms with E-state index in [1.807, 2.05) is 0 Å². The van der Waals surface area contributed by atoms with Gasteiger partial charge in [-0.15, -0.1) is 0 Å². The van der Waals surface area contributed by atoms with Gasteiger partial charge in [-0.25, -0.2) is 4.39 Å². The molecular weight excluding hydrogens is 173 g/mol. The van der Waals surface area contributed by atoms with E-state index in [1.54, 1.807) is 6.92 Å². The number of hydrogen-bond acceptors (Lipinski definition) is 2. The van der Waals surface area contributed by atoms with E-state index in [4.69, 9.17) is 0 Å². The van der Waals surface area contributed by atoms with Gasteiger partial charge in [0.15, 0.2) is 0 Å². The smallest absolute Gasteiger partial charge is 0.258 e. The third-order valence-corrected chi connectivity index (χ3v) is 1.62. The zero-order chi connectivity index (χ0) is 10.0. The summed E-state index contributed by atoms with van der Waals surface area (Å²) in [4.78, 5) is 9.78. The molecule has 0 heterocycles. The third-order valence-electron chi connectivity index (χ3n) is 1.62. The summed E-state index contributed by atoms with van der Waals surface area (Å²) in [5.74, 6) is -0.488. The average molecular weight is 181 g/mol. The fraction of sp³-hybridized carbons (Fsp3) is 0.111. The Hall–Kier alpha value is -1.71. The van der Waals surface area contributed by atoms with Gasteiger partial charge in [-0.05, 0) is 18.6 Å². The third kappa shape index (κ3) is 1.90. The lowest BCUT2D eigenvalue weighted by molar-refractivity contribution is -0.384. The van der Waals surface area contributed by atoms with Crippen LogP contribution in [0.2, 0.25) is 0 Å². The molecule has 3 nitrogen and oxygen atoms in total. The zero-order valence-electron chi connectivity index (χ0n) is 7.08. The molecule has 0 saturated carbocycles. The molecule has 0 unspecified atom stereocenters.